The lowest BCUT2D eigenvalue weighted by atomic mass is 9.74. The van der Waals surface area contributed by atoms with Crippen LogP contribution in [0.5, 0.6) is 0 Å². The van der Waals surface area contributed by atoms with Crippen molar-refractivity contribution in [1.82, 2.24) is 0 Å². The third-order valence-corrected chi connectivity index (χ3v) is 7.19. The van der Waals surface area contributed by atoms with Crippen LogP contribution in [0.25, 0.3) is 21.5 Å². The highest BCUT2D eigenvalue weighted by Crippen LogP contribution is 2.52. The zero-order valence-electron chi connectivity index (χ0n) is 16.9. The first-order valence-corrected chi connectivity index (χ1v) is 10.7. The van der Waals surface area contributed by atoms with Gasteiger partial charge in [0, 0.05) is 11.6 Å². The Labute approximate surface area is 172 Å². The topological polar surface area (TPSA) is 12.0 Å². The van der Waals surface area contributed by atoms with Gasteiger partial charge < -0.3 is 5.32 Å². The fraction of sp³-hybridized carbons (Fsp3) is 0.214. The third kappa shape index (κ3) is 2.40. The van der Waals surface area contributed by atoms with Crippen LogP contribution >= 0.6 is 0 Å². The molecule has 1 aliphatic heterocycles. The molecule has 2 aliphatic rings. The highest BCUT2D eigenvalue weighted by molar-refractivity contribution is 6.03. The van der Waals surface area contributed by atoms with E-state index >= 15 is 0 Å². The molecule has 6 rings (SSSR count). The Morgan fingerprint density at radius 2 is 1.52 bits per heavy atom. The van der Waals surface area contributed by atoms with E-state index in [1.54, 1.807) is 0 Å². The first kappa shape index (κ1) is 16.9. The Balaban J connectivity index is 1.66. The van der Waals surface area contributed by atoms with Crippen LogP contribution in [0.15, 0.2) is 78.9 Å². The maximum Gasteiger partial charge on any atom is 0.0566 e. The van der Waals surface area contributed by atoms with Crippen LogP contribution in [-0.4, -0.2) is 0 Å². The zero-order valence-corrected chi connectivity index (χ0v) is 16.9. The molecule has 4 aromatic carbocycles. The lowest BCUT2D eigenvalue weighted by molar-refractivity contribution is 0.428. The van der Waals surface area contributed by atoms with E-state index in [4.69, 9.17) is 0 Å². The number of benzene rings is 4. The van der Waals surface area contributed by atoms with Crippen LogP contribution in [0, 0.1) is 19.8 Å². The second-order valence-electron chi connectivity index (χ2n) is 8.68. The molecule has 1 N–H and O–H groups in total. The summed E-state index contributed by atoms with van der Waals surface area (Å²) in [6, 6.07) is 25.0. The molecule has 142 valence electrons. The second kappa shape index (κ2) is 6.22. The SMILES string of the molecule is Cc1ccc2c(c1C)NC(c1c3ccccc3cc3ccccc13)C1CC=CC21. The van der Waals surface area contributed by atoms with Gasteiger partial charge in [0.25, 0.3) is 0 Å². The standard InChI is InChI=1S/C28H25N/c1-17-14-15-25-23-12-7-13-24(23)28(29-27(25)18(17)2)26-21-10-5-3-8-19(21)16-20-9-4-6-11-22(20)26/h3-12,14-16,23-24,28-29H,13H2,1-2H3. The Kier molecular flexibility index (Phi) is 3.61. The Morgan fingerprint density at radius 1 is 0.828 bits per heavy atom. The molecule has 0 fully saturated rings. The molecule has 0 saturated carbocycles. The van der Waals surface area contributed by atoms with Gasteiger partial charge in [-0.1, -0.05) is 72.8 Å². The predicted octanol–water partition coefficient (Wildman–Crippen LogP) is 7.44. The van der Waals surface area contributed by atoms with Gasteiger partial charge in [-0.15, -0.1) is 0 Å². The maximum atomic E-state index is 4.04. The van der Waals surface area contributed by atoms with E-state index in [2.05, 4.69) is 98.0 Å². The minimum absolute atomic E-state index is 0.305. The number of hydrogen-bond donors (Lipinski definition) is 1. The number of hydrogen-bond acceptors (Lipinski definition) is 1. The molecular formula is C28H25N. The van der Waals surface area contributed by atoms with Crippen LogP contribution in [0.1, 0.15) is 40.6 Å². The monoisotopic (exact) mass is 375 g/mol. The van der Waals surface area contributed by atoms with E-state index in [1.807, 2.05) is 0 Å². The average Bonchev–Trinajstić information content (AvgIpc) is 3.24. The smallest absolute Gasteiger partial charge is 0.0566 e. The first-order chi connectivity index (χ1) is 14.2. The third-order valence-electron chi connectivity index (χ3n) is 7.19. The highest BCUT2D eigenvalue weighted by Gasteiger charge is 2.39. The number of anilines is 1. The lowest BCUT2D eigenvalue weighted by Crippen LogP contribution is -2.30. The molecule has 4 aromatic rings. The summed E-state index contributed by atoms with van der Waals surface area (Å²) in [5.74, 6) is 1.05. The van der Waals surface area contributed by atoms with Gasteiger partial charge in [-0.3, -0.25) is 0 Å². The van der Waals surface area contributed by atoms with Crippen LogP contribution in [-0.2, 0) is 0 Å². The summed E-state index contributed by atoms with van der Waals surface area (Å²) in [6.45, 7) is 4.48. The van der Waals surface area contributed by atoms with E-state index in [-0.39, 0.29) is 0 Å². The van der Waals surface area contributed by atoms with Crippen molar-refractivity contribution in [3.63, 3.8) is 0 Å². The van der Waals surface area contributed by atoms with Gasteiger partial charge >= 0.3 is 0 Å². The van der Waals surface area contributed by atoms with Gasteiger partial charge in [-0.2, -0.15) is 0 Å². The van der Waals surface area contributed by atoms with Gasteiger partial charge in [-0.05, 0) is 76.1 Å². The van der Waals surface area contributed by atoms with E-state index in [9.17, 15) is 0 Å². The minimum Gasteiger partial charge on any atom is -0.377 e. The van der Waals surface area contributed by atoms with E-state index in [0.717, 1.165) is 6.42 Å². The van der Waals surface area contributed by atoms with Crippen molar-refractivity contribution in [3.8, 4) is 0 Å². The van der Waals surface area contributed by atoms with Crippen molar-refractivity contribution in [2.24, 2.45) is 5.92 Å². The van der Waals surface area contributed by atoms with Gasteiger partial charge in [0.05, 0.1) is 6.04 Å². The molecule has 0 bridgehead atoms. The van der Waals surface area contributed by atoms with Crippen molar-refractivity contribution in [3.05, 3.63) is 101 Å². The molecule has 29 heavy (non-hydrogen) atoms. The Bertz CT molecular complexity index is 1240. The largest absolute Gasteiger partial charge is 0.377 e. The number of rotatable bonds is 1. The summed E-state index contributed by atoms with van der Waals surface area (Å²) in [5.41, 5.74) is 7.02. The molecule has 3 atom stereocenters. The molecule has 1 nitrogen and oxygen atoms in total. The summed E-state index contributed by atoms with van der Waals surface area (Å²) < 4.78 is 0. The average molecular weight is 376 g/mol. The van der Waals surface area contributed by atoms with Crippen molar-refractivity contribution in [2.45, 2.75) is 32.2 Å². The van der Waals surface area contributed by atoms with Crippen LogP contribution in [0.4, 0.5) is 5.69 Å². The first-order valence-electron chi connectivity index (χ1n) is 10.7. The Hall–Kier alpha value is -3.06. The van der Waals surface area contributed by atoms with Crippen molar-refractivity contribution in [1.29, 1.82) is 0 Å². The Morgan fingerprint density at radius 3 is 2.24 bits per heavy atom. The maximum absolute atomic E-state index is 4.04. The van der Waals surface area contributed by atoms with E-state index in [1.165, 1.54) is 49.5 Å². The normalized spacial score (nSPS) is 22.5. The number of allylic oxidation sites excluding steroid dienone is 2. The quantitative estimate of drug-likeness (QED) is 0.269. The number of nitrogens with one attached hydrogen (secondary N) is 1. The fourth-order valence-corrected chi connectivity index (χ4v) is 5.59. The summed E-state index contributed by atoms with van der Waals surface area (Å²) in [4.78, 5) is 0. The molecular weight excluding hydrogens is 350 g/mol. The van der Waals surface area contributed by atoms with Crippen LogP contribution < -0.4 is 5.32 Å². The molecule has 3 unspecified atom stereocenters. The van der Waals surface area contributed by atoms with Crippen molar-refractivity contribution >= 4 is 27.2 Å². The van der Waals surface area contributed by atoms with Gasteiger partial charge in [0.2, 0.25) is 0 Å². The van der Waals surface area contributed by atoms with Crippen LogP contribution in [0.2, 0.25) is 0 Å². The van der Waals surface area contributed by atoms with Gasteiger partial charge in [0.15, 0.2) is 0 Å². The lowest BCUT2D eigenvalue weighted by Gasteiger charge is -2.39. The summed E-state index contributed by atoms with van der Waals surface area (Å²) >= 11 is 0. The number of fused-ring (bicyclic) bond motifs is 5. The molecule has 0 aromatic heterocycles. The van der Waals surface area contributed by atoms with Crippen molar-refractivity contribution < 1.29 is 0 Å². The zero-order chi connectivity index (χ0) is 19.5. The molecule has 1 heteroatoms. The number of aryl methyl sites for hydroxylation is 1. The van der Waals surface area contributed by atoms with E-state index < -0.39 is 0 Å². The summed E-state index contributed by atoms with van der Waals surface area (Å²) in [5, 5.41) is 9.46. The van der Waals surface area contributed by atoms with Crippen LogP contribution in [0.3, 0.4) is 0 Å². The van der Waals surface area contributed by atoms with Gasteiger partial charge in [0.1, 0.15) is 0 Å². The second-order valence-corrected chi connectivity index (χ2v) is 8.68. The molecule has 0 radical (unpaired) electrons. The summed E-state index contributed by atoms with van der Waals surface area (Å²) in [7, 11) is 0. The molecule has 1 heterocycles. The highest BCUT2D eigenvalue weighted by atomic mass is 15.0. The van der Waals surface area contributed by atoms with E-state index in [0.29, 0.717) is 17.9 Å². The molecule has 1 aliphatic carbocycles. The molecule has 0 amide bonds. The van der Waals surface area contributed by atoms with Crippen molar-refractivity contribution in [2.75, 3.05) is 5.32 Å². The minimum atomic E-state index is 0.305. The molecule has 0 spiro atoms. The summed E-state index contributed by atoms with van der Waals surface area (Å²) in [6.07, 6.45) is 5.97. The fourth-order valence-electron chi connectivity index (χ4n) is 5.59. The predicted molar refractivity (Wildman–Crippen MR) is 124 cm³/mol. The molecule has 0 saturated heterocycles. The van der Waals surface area contributed by atoms with Gasteiger partial charge in [-0.25, -0.2) is 0 Å².